The second kappa shape index (κ2) is 6.78. The predicted octanol–water partition coefficient (Wildman–Crippen LogP) is 1.66. The SMILES string of the molecule is COc1ccc(CCNC(=O)C2(N)CCC2)cc1.Cl. The zero-order valence-corrected chi connectivity index (χ0v) is 12.0. The topological polar surface area (TPSA) is 64.3 Å². The fourth-order valence-electron chi connectivity index (χ4n) is 2.07. The number of nitrogens with two attached hydrogens (primary N) is 1. The molecule has 0 unspecified atom stereocenters. The van der Waals surface area contributed by atoms with Crippen LogP contribution in [0.1, 0.15) is 24.8 Å². The van der Waals surface area contributed by atoms with Crippen LogP contribution in [0.15, 0.2) is 24.3 Å². The number of rotatable bonds is 5. The third-order valence-electron chi connectivity index (χ3n) is 3.56. The maximum atomic E-state index is 11.8. The van der Waals surface area contributed by atoms with Crippen LogP contribution >= 0.6 is 12.4 Å². The largest absolute Gasteiger partial charge is 0.497 e. The number of amides is 1. The van der Waals surface area contributed by atoms with E-state index in [1.165, 1.54) is 5.56 Å². The van der Waals surface area contributed by atoms with E-state index < -0.39 is 5.54 Å². The maximum Gasteiger partial charge on any atom is 0.240 e. The zero-order chi connectivity index (χ0) is 13.0. The minimum atomic E-state index is -0.597. The Labute approximate surface area is 120 Å². The summed E-state index contributed by atoms with van der Waals surface area (Å²) in [7, 11) is 1.65. The maximum absolute atomic E-state index is 11.8. The van der Waals surface area contributed by atoms with Crippen LogP contribution in [0, 0.1) is 0 Å². The Bertz CT molecular complexity index is 416. The van der Waals surface area contributed by atoms with Crippen LogP contribution in [0.2, 0.25) is 0 Å². The molecule has 1 aliphatic rings. The standard InChI is InChI=1S/C14H20N2O2.ClH/c1-18-12-5-3-11(4-6-12)7-10-16-13(17)14(15)8-2-9-14;/h3-6H,2,7-10,15H2,1H3,(H,16,17);1H. The van der Waals surface area contributed by atoms with E-state index >= 15 is 0 Å². The van der Waals surface area contributed by atoms with E-state index in [-0.39, 0.29) is 18.3 Å². The Morgan fingerprint density at radius 1 is 1.37 bits per heavy atom. The Morgan fingerprint density at radius 2 is 2.00 bits per heavy atom. The van der Waals surface area contributed by atoms with Crippen LogP contribution in [0.25, 0.3) is 0 Å². The van der Waals surface area contributed by atoms with Gasteiger partial charge in [-0.15, -0.1) is 12.4 Å². The van der Waals surface area contributed by atoms with Crippen molar-refractivity contribution in [2.45, 2.75) is 31.2 Å². The van der Waals surface area contributed by atoms with E-state index in [2.05, 4.69) is 5.32 Å². The predicted molar refractivity (Wildman–Crippen MR) is 77.7 cm³/mol. The molecular weight excluding hydrogens is 264 g/mol. The van der Waals surface area contributed by atoms with Crippen LogP contribution in [0.4, 0.5) is 0 Å². The first-order valence-electron chi connectivity index (χ1n) is 6.34. The van der Waals surface area contributed by atoms with E-state index in [0.717, 1.165) is 31.4 Å². The number of hydrogen-bond donors (Lipinski definition) is 2. The summed E-state index contributed by atoms with van der Waals surface area (Å²) in [5.74, 6) is 0.834. The van der Waals surface area contributed by atoms with Crippen molar-refractivity contribution in [3.63, 3.8) is 0 Å². The Morgan fingerprint density at radius 3 is 2.47 bits per heavy atom. The molecule has 0 atom stereocenters. The van der Waals surface area contributed by atoms with Crippen LogP contribution < -0.4 is 15.8 Å². The molecule has 1 saturated carbocycles. The second-order valence-electron chi connectivity index (χ2n) is 4.86. The van der Waals surface area contributed by atoms with Gasteiger partial charge in [0, 0.05) is 6.54 Å². The zero-order valence-electron chi connectivity index (χ0n) is 11.1. The minimum absolute atomic E-state index is 0. The van der Waals surface area contributed by atoms with Crippen LogP contribution in [0.5, 0.6) is 5.75 Å². The highest BCUT2D eigenvalue weighted by atomic mass is 35.5. The number of carbonyl (C=O) groups excluding carboxylic acids is 1. The van der Waals surface area contributed by atoms with Gasteiger partial charge in [-0.05, 0) is 43.4 Å². The van der Waals surface area contributed by atoms with Gasteiger partial charge in [-0.1, -0.05) is 12.1 Å². The smallest absolute Gasteiger partial charge is 0.240 e. The van der Waals surface area contributed by atoms with E-state index in [0.29, 0.717) is 6.54 Å². The molecule has 1 aliphatic carbocycles. The highest BCUT2D eigenvalue weighted by molar-refractivity contribution is 5.87. The number of halogens is 1. The van der Waals surface area contributed by atoms with E-state index in [4.69, 9.17) is 10.5 Å². The number of carbonyl (C=O) groups is 1. The molecule has 2 rings (SSSR count). The van der Waals surface area contributed by atoms with Crippen molar-refractivity contribution in [2.75, 3.05) is 13.7 Å². The first-order valence-corrected chi connectivity index (χ1v) is 6.34. The fraction of sp³-hybridized carbons (Fsp3) is 0.500. The molecule has 0 radical (unpaired) electrons. The highest BCUT2D eigenvalue weighted by Gasteiger charge is 2.39. The summed E-state index contributed by atoms with van der Waals surface area (Å²) in [6.07, 6.45) is 3.48. The van der Waals surface area contributed by atoms with E-state index in [1.54, 1.807) is 7.11 Å². The van der Waals surface area contributed by atoms with Crippen molar-refractivity contribution in [3.05, 3.63) is 29.8 Å². The summed E-state index contributed by atoms with van der Waals surface area (Å²) in [6, 6.07) is 7.86. The Kier molecular flexibility index (Phi) is 5.63. The van der Waals surface area contributed by atoms with Gasteiger partial charge in [0.2, 0.25) is 5.91 Å². The summed E-state index contributed by atoms with van der Waals surface area (Å²) in [5.41, 5.74) is 6.51. The second-order valence-corrected chi connectivity index (χ2v) is 4.86. The van der Waals surface area contributed by atoms with Crippen molar-refractivity contribution in [3.8, 4) is 5.75 Å². The molecule has 5 heteroatoms. The lowest BCUT2D eigenvalue weighted by atomic mass is 9.77. The molecule has 0 heterocycles. The summed E-state index contributed by atoms with van der Waals surface area (Å²) in [6.45, 7) is 0.629. The molecule has 19 heavy (non-hydrogen) atoms. The number of methoxy groups -OCH3 is 1. The van der Waals surface area contributed by atoms with Crippen LogP contribution in [-0.2, 0) is 11.2 Å². The molecule has 106 valence electrons. The number of benzene rings is 1. The lowest BCUT2D eigenvalue weighted by Gasteiger charge is -2.36. The van der Waals surface area contributed by atoms with Gasteiger partial charge in [-0.3, -0.25) is 4.79 Å². The molecule has 4 nitrogen and oxygen atoms in total. The van der Waals surface area contributed by atoms with Gasteiger partial charge in [-0.2, -0.15) is 0 Å². The Hall–Kier alpha value is -1.26. The molecule has 3 N–H and O–H groups in total. The third-order valence-corrected chi connectivity index (χ3v) is 3.56. The quantitative estimate of drug-likeness (QED) is 0.864. The van der Waals surface area contributed by atoms with Crippen molar-refractivity contribution in [1.29, 1.82) is 0 Å². The monoisotopic (exact) mass is 284 g/mol. The van der Waals surface area contributed by atoms with E-state index in [9.17, 15) is 4.79 Å². The summed E-state index contributed by atoms with van der Waals surface area (Å²) < 4.78 is 5.09. The molecular formula is C14H21ClN2O2. The van der Waals surface area contributed by atoms with Gasteiger partial charge in [0.05, 0.1) is 12.6 Å². The van der Waals surface area contributed by atoms with Crippen molar-refractivity contribution in [1.82, 2.24) is 5.32 Å². The van der Waals surface area contributed by atoms with Gasteiger partial charge in [0.15, 0.2) is 0 Å². The first kappa shape index (κ1) is 15.8. The first-order chi connectivity index (χ1) is 8.64. The van der Waals surface area contributed by atoms with Crippen LogP contribution in [-0.4, -0.2) is 25.1 Å². The third kappa shape index (κ3) is 3.85. The number of hydrogen-bond acceptors (Lipinski definition) is 3. The molecule has 0 saturated heterocycles. The molecule has 1 amide bonds. The molecule has 0 aliphatic heterocycles. The minimum Gasteiger partial charge on any atom is -0.497 e. The molecule has 0 aromatic heterocycles. The van der Waals surface area contributed by atoms with Gasteiger partial charge < -0.3 is 15.8 Å². The van der Waals surface area contributed by atoms with Crippen LogP contribution in [0.3, 0.4) is 0 Å². The normalized spacial score (nSPS) is 15.9. The average Bonchev–Trinajstić information content (AvgIpc) is 2.36. The molecule has 0 spiro atoms. The highest BCUT2D eigenvalue weighted by Crippen LogP contribution is 2.28. The summed E-state index contributed by atoms with van der Waals surface area (Å²) in [4.78, 5) is 11.8. The number of nitrogens with one attached hydrogen (secondary N) is 1. The lowest BCUT2D eigenvalue weighted by molar-refractivity contribution is -0.129. The van der Waals surface area contributed by atoms with Crippen molar-refractivity contribution >= 4 is 18.3 Å². The van der Waals surface area contributed by atoms with Crippen molar-refractivity contribution < 1.29 is 9.53 Å². The van der Waals surface area contributed by atoms with Gasteiger partial charge in [0.25, 0.3) is 0 Å². The Balaban J connectivity index is 0.00000180. The molecule has 1 aromatic carbocycles. The van der Waals surface area contributed by atoms with Gasteiger partial charge >= 0.3 is 0 Å². The van der Waals surface area contributed by atoms with Gasteiger partial charge in [0.1, 0.15) is 5.75 Å². The number of ether oxygens (including phenoxy) is 1. The summed E-state index contributed by atoms with van der Waals surface area (Å²) in [5, 5.41) is 2.91. The average molecular weight is 285 g/mol. The van der Waals surface area contributed by atoms with Gasteiger partial charge in [-0.25, -0.2) is 0 Å². The molecule has 1 fully saturated rings. The summed E-state index contributed by atoms with van der Waals surface area (Å²) >= 11 is 0. The molecule has 1 aromatic rings. The van der Waals surface area contributed by atoms with Crippen molar-refractivity contribution in [2.24, 2.45) is 5.73 Å². The van der Waals surface area contributed by atoms with E-state index in [1.807, 2.05) is 24.3 Å². The molecule has 0 bridgehead atoms. The lowest BCUT2D eigenvalue weighted by Crippen LogP contribution is -2.58. The fourth-order valence-corrected chi connectivity index (χ4v) is 2.07.